The van der Waals surface area contributed by atoms with E-state index in [1.54, 1.807) is 12.5 Å². The lowest BCUT2D eigenvalue weighted by atomic mass is 9.58. The maximum Gasteiger partial charge on any atom is 0.134 e. The van der Waals surface area contributed by atoms with Crippen molar-refractivity contribution in [2.45, 2.75) is 67.2 Å². The average molecular weight is 529 g/mol. The Balaban J connectivity index is 2.09. The van der Waals surface area contributed by atoms with E-state index in [0.717, 1.165) is 40.2 Å². The molecule has 0 bridgehead atoms. The van der Waals surface area contributed by atoms with Crippen LogP contribution in [0.1, 0.15) is 80.6 Å². The molecule has 0 saturated heterocycles. The Morgan fingerprint density at radius 3 is 1.35 bits per heavy atom. The molecule has 0 unspecified atom stereocenters. The second-order valence-corrected chi connectivity index (χ2v) is 11.1. The van der Waals surface area contributed by atoms with Crippen LogP contribution in [0.3, 0.4) is 0 Å². The van der Waals surface area contributed by atoms with Crippen LogP contribution in [-0.2, 0) is 11.8 Å². The number of rotatable bonds is 6. The third kappa shape index (κ3) is 4.18. The van der Waals surface area contributed by atoms with Gasteiger partial charge in [0.2, 0.25) is 0 Å². The molecule has 4 aromatic carbocycles. The lowest BCUT2D eigenvalue weighted by Gasteiger charge is -2.44. The fourth-order valence-corrected chi connectivity index (χ4v) is 6.41. The van der Waals surface area contributed by atoms with E-state index in [-0.39, 0.29) is 0 Å². The van der Waals surface area contributed by atoms with Crippen molar-refractivity contribution >= 4 is 0 Å². The molecule has 0 atom stereocenters. The van der Waals surface area contributed by atoms with E-state index in [1.165, 1.54) is 44.5 Å². The maximum atomic E-state index is 6.55. The maximum absolute atomic E-state index is 6.55. The molecule has 0 aromatic heterocycles. The van der Waals surface area contributed by atoms with E-state index in [9.17, 15) is 0 Å². The molecular formula is C38H40O2. The van der Waals surface area contributed by atoms with Crippen LogP contribution in [0.25, 0.3) is 0 Å². The first-order valence-corrected chi connectivity index (χ1v) is 14.2. The zero-order valence-corrected chi connectivity index (χ0v) is 25.1. The van der Waals surface area contributed by atoms with Gasteiger partial charge in [-0.2, -0.15) is 0 Å². The minimum Gasteiger partial charge on any atom is -0.465 e. The largest absolute Gasteiger partial charge is 0.465 e. The molecule has 1 aliphatic carbocycles. The highest BCUT2D eigenvalue weighted by Gasteiger charge is 2.48. The summed E-state index contributed by atoms with van der Waals surface area (Å²) in [6.07, 6.45) is 8.40. The van der Waals surface area contributed by atoms with Gasteiger partial charge in [-0.1, -0.05) is 72.8 Å². The van der Waals surface area contributed by atoms with E-state index in [4.69, 9.17) is 9.47 Å². The molecule has 0 fully saturated rings. The summed E-state index contributed by atoms with van der Waals surface area (Å²) < 4.78 is 13.1. The second kappa shape index (κ2) is 10.8. The molecule has 2 nitrogen and oxygen atoms in total. The molecule has 0 radical (unpaired) electrons. The molecule has 0 spiro atoms. The molecule has 0 amide bonds. The summed E-state index contributed by atoms with van der Waals surface area (Å²) in [5.41, 5.74) is 14.1. The van der Waals surface area contributed by atoms with Crippen LogP contribution >= 0.6 is 0 Å². The van der Waals surface area contributed by atoms with E-state index in [0.29, 0.717) is 0 Å². The van der Waals surface area contributed by atoms with E-state index >= 15 is 0 Å². The van der Waals surface area contributed by atoms with Crippen molar-refractivity contribution in [2.24, 2.45) is 0 Å². The van der Waals surface area contributed by atoms with Crippen molar-refractivity contribution in [3.05, 3.63) is 152 Å². The summed E-state index contributed by atoms with van der Waals surface area (Å²) in [5, 5.41) is 0. The Morgan fingerprint density at radius 1 is 0.550 bits per heavy atom. The van der Waals surface area contributed by atoms with Crippen molar-refractivity contribution in [3.8, 4) is 11.5 Å². The normalized spacial score (nSPS) is 13.9. The van der Waals surface area contributed by atoms with Gasteiger partial charge in [-0.15, -0.1) is 0 Å². The summed E-state index contributed by atoms with van der Waals surface area (Å²) in [4.78, 5) is 0. The second-order valence-electron chi connectivity index (χ2n) is 11.1. The first-order valence-electron chi connectivity index (χ1n) is 14.2. The summed E-state index contributed by atoms with van der Waals surface area (Å²) in [6.45, 7) is 17.1. The first kappa shape index (κ1) is 27.5. The quantitative estimate of drug-likeness (QED) is 0.204. The van der Waals surface area contributed by atoms with Crippen molar-refractivity contribution in [1.29, 1.82) is 0 Å². The fraction of sp³-hybridized carbons (Fsp3) is 0.263. The lowest BCUT2D eigenvalue weighted by Crippen LogP contribution is -2.37. The summed E-state index contributed by atoms with van der Waals surface area (Å²) >= 11 is 0. The Labute approximate surface area is 240 Å². The topological polar surface area (TPSA) is 18.5 Å². The first-order chi connectivity index (χ1) is 19.3. The zero-order chi connectivity index (χ0) is 28.6. The third-order valence-electron chi connectivity index (χ3n) is 8.88. The smallest absolute Gasteiger partial charge is 0.134 e. The molecule has 5 rings (SSSR count). The molecule has 2 heteroatoms. The summed E-state index contributed by atoms with van der Waals surface area (Å²) in [7, 11) is 0. The van der Waals surface area contributed by atoms with Crippen LogP contribution in [0.2, 0.25) is 0 Å². The van der Waals surface area contributed by atoms with Gasteiger partial charge in [-0.3, -0.25) is 0 Å². The molecule has 204 valence electrons. The van der Waals surface area contributed by atoms with Gasteiger partial charge in [0.1, 0.15) is 11.5 Å². The summed E-state index contributed by atoms with van der Waals surface area (Å²) in [6, 6.07) is 22.5. The van der Waals surface area contributed by atoms with Gasteiger partial charge in [0.25, 0.3) is 0 Å². The van der Waals surface area contributed by atoms with E-state index in [1.807, 2.05) is 26.0 Å². The Kier molecular flexibility index (Phi) is 7.47. The fourth-order valence-electron chi connectivity index (χ4n) is 6.41. The number of aryl methyl sites for hydroxylation is 2. The SMILES string of the molecule is CC=COc1c(C2(c3cc(C)c(C)c(C)c3OC=CC)c3ccccc3Cc3ccccc32)cc(C)c(C)c1C. The van der Waals surface area contributed by atoms with Crippen LogP contribution in [0.15, 0.2) is 85.3 Å². The minimum absolute atomic E-state index is 0.661. The monoisotopic (exact) mass is 528 g/mol. The van der Waals surface area contributed by atoms with Gasteiger partial charge in [-0.25, -0.2) is 0 Å². The molecule has 0 saturated carbocycles. The van der Waals surface area contributed by atoms with Gasteiger partial charge in [0, 0.05) is 11.1 Å². The average Bonchev–Trinajstić information content (AvgIpc) is 2.96. The van der Waals surface area contributed by atoms with Gasteiger partial charge < -0.3 is 9.47 Å². The van der Waals surface area contributed by atoms with Crippen molar-refractivity contribution < 1.29 is 9.47 Å². The highest BCUT2D eigenvalue weighted by Crippen LogP contribution is 2.57. The lowest BCUT2D eigenvalue weighted by molar-refractivity contribution is 0.447. The number of hydrogen-bond donors (Lipinski definition) is 0. The number of ether oxygens (including phenoxy) is 2. The van der Waals surface area contributed by atoms with Crippen LogP contribution in [0, 0.1) is 41.5 Å². The molecule has 0 N–H and O–H groups in total. The van der Waals surface area contributed by atoms with Gasteiger partial charge in [0.15, 0.2) is 0 Å². The third-order valence-corrected chi connectivity index (χ3v) is 8.88. The van der Waals surface area contributed by atoms with Crippen molar-refractivity contribution in [3.63, 3.8) is 0 Å². The summed E-state index contributed by atoms with van der Waals surface area (Å²) in [5.74, 6) is 1.81. The molecule has 40 heavy (non-hydrogen) atoms. The standard InChI is InChI=1S/C38H40O2/c1-9-19-39-36-28(7)26(5)24(3)21-34(36)38(35-22-25(4)27(6)29(8)37(35)40-20-10-2)32-17-13-11-15-30(32)23-31-16-12-14-18-33(31)38/h9-22H,23H2,1-8H3. The van der Waals surface area contributed by atoms with Crippen molar-refractivity contribution in [1.82, 2.24) is 0 Å². The molecule has 4 aromatic rings. The Morgan fingerprint density at radius 2 is 0.950 bits per heavy atom. The van der Waals surface area contributed by atoms with Gasteiger partial charge in [0.05, 0.1) is 17.9 Å². The molecule has 0 heterocycles. The number of benzene rings is 4. The van der Waals surface area contributed by atoms with Crippen LogP contribution in [0.5, 0.6) is 11.5 Å². The minimum atomic E-state index is -0.661. The number of hydrogen-bond acceptors (Lipinski definition) is 2. The van der Waals surface area contributed by atoms with Crippen LogP contribution in [-0.4, -0.2) is 0 Å². The number of fused-ring (bicyclic) bond motifs is 2. The Bertz CT molecular complexity index is 1530. The predicted molar refractivity (Wildman–Crippen MR) is 167 cm³/mol. The van der Waals surface area contributed by atoms with E-state index < -0.39 is 5.41 Å². The highest BCUT2D eigenvalue weighted by atomic mass is 16.5. The van der Waals surface area contributed by atoms with Crippen LogP contribution in [0.4, 0.5) is 0 Å². The van der Waals surface area contributed by atoms with E-state index in [2.05, 4.69) is 102 Å². The van der Waals surface area contributed by atoms with Gasteiger partial charge in [-0.05, 0) is 117 Å². The zero-order valence-electron chi connectivity index (χ0n) is 25.1. The Hall–Kier alpha value is -4.04. The van der Waals surface area contributed by atoms with Crippen LogP contribution < -0.4 is 9.47 Å². The molecular weight excluding hydrogens is 488 g/mol. The highest BCUT2D eigenvalue weighted by molar-refractivity contribution is 5.74. The number of allylic oxidation sites excluding steroid dienone is 2. The predicted octanol–water partition coefficient (Wildman–Crippen LogP) is 9.65. The molecule has 0 aliphatic heterocycles. The molecule has 1 aliphatic rings. The van der Waals surface area contributed by atoms with Gasteiger partial charge >= 0.3 is 0 Å². The van der Waals surface area contributed by atoms with Crippen molar-refractivity contribution in [2.75, 3.05) is 0 Å².